The molecule has 3 heteroatoms. The number of hydrogen-bond acceptors (Lipinski definition) is 2. The third-order valence-electron chi connectivity index (χ3n) is 4.33. The van der Waals surface area contributed by atoms with Gasteiger partial charge in [0.25, 0.3) is 6.17 Å². The first kappa shape index (κ1) is 12.7. The van der Waals surface area contributed by atoms with Crippen LogP contribution in [-0.4, -0.2) is 29.1 Å². The molecular formula is C16H23N2O+. The van der Waals surface area contributed by atoms with Crippen molar-refractivity contribution >= 4 is 6.40 Å². The smallest absolute Gasteiger partial charge is 0.345 e. The molecule has 1 aromatic carbocycles. The van der Waals surface area contributed by atoms with Gasteiger partial charge in [0.1, 0.15) is 0 Å². The molecule has 102 valence electrons. The predicted octanol–water partition coefficient (Wildman–Crippen LogP) is 3.24. The summed E-state index contributed by atoms with van der Waals surface area (Å²) in [5.41, 5.74) is 2.62. The van der Waals surface area contributed by atoms with E-state index in [1.165, 1.54) is 43.2 Å². The highest BCUT2D eigenvalue weighted by Gasteiger charge is 2.40. The highest BCUT2D eigenvalue weighted by molar-refractivity contribution is 5.41. The van der Waals surface area contributed by atoms with Crippen LogP contribution in [0.4, 0.5) is 0 Å². The number of hydroxylamine groups is 2. The minimum Gasteiger partial charge on any atom is -0.346 e. The van der Waals surface area contributed by atoms with Crippen LogP contribution < -0.4 is 0 Å². The van der Waals surface area contributed by atoms with Crippen molar-refractivity contribution in [2.24, 2.45) is 0 Å². The normalized spacial score (nSPS) is 25.2. The largest absolute Gasteiger partial charge is 0.346 e. The molecule has 0 bridgehead atoms. The average Bonchev–Trinajstić information content (AvgIpc) is 2.83. The van der Waals surface area contributed by atoms with Crippen molar-refractivity contribution in [2.45, 2.75) is 51.2 Å². The van der Waals surface area contributed by atoms with E-state index in [4.69, 9.17) is 4.84 Å². The molecule has 0 saturated heterocycles. The zero-order valence-corrected chi connectivity index (χ0v) is 11.9. The molecule has 1 heterocycles. The van der Waals surface area contributed by atoms with Gasteiger partial charge in [-0.25, -0.2) is 0 Å². The Balaban J connectivity index is 1.85. The molecule has 2 aliphatic rings. The predicted molar refractivity (Wildman–Crippen MR) is 76.0 cm³/mol. The first-order valence-corrected chi connectivity index (χ1v) is 7.32. The van der Waals surface area contributed by atoms with Gasteiger partial charge in [0.15, 0.2) is 6.04 Å². The highest BCUT2D eigenvalue weighted by atomic mass is 16.7. The van der Waals surface area contributed by atoms with E-state index < -0.39 is 0 Å². The van der Waals surface area contributed by atoms with Crippen LogP contribution in [0.5, 0.6) is 0 Å². The Labute approximate surface area is 115 Å². The van der Waals surface area contributed by atoms with Gasteiger partial charge in [0.05, 0.1) is 0 Å². The van der Waals surface area contributed by atoms with Crippen molar-refractivity contribution in [2.75, 3.05) is 7.05 Å². The SMILES string of the molecule is Cc1ccc(C2N(C)OC=[N+]2C2CCCCC2)cc1. The van der Waals surface area contributed by atoms with Gasteiger partial charge in [-0.2, -0.15) is 4.58 Å². The molecule has 0 spiro atoms. The summed E-state index contributed by atoms with van der Waals surface area (Å²) >= 11 is 0. The Kier molecular flexibility index (Phi) is 3.56. The Hall–Kier alpha value is -1.35. The summed E-state index contributed by atoms with van der Waals surface area (Å²) in [6, 6.07) is 9.43. The summed E-state index contributed by atoms with van der Waals surface area (Å²) < 4.78 is 2.41. The van der Waals surface area contributed by atoms with E-state index in [2.05, 4.69) is 35.8 Å². The maximum Gasteiger partial charge on any atom is 0.345 e. The van der Waals surface area contributed by atoms with Crippen LogP contribution in [0.25, 0.3) is 0 Å². The fourth-order valence-corrected chi connectivity index (χ4v) is 3.22. The van der Waals surface area contributed by atoms with E-state index >= 15 is 0 Å². The van der Waals surface area contributed by atoms with Crippen molar-refractivity contribution in [3.05, 3.63) is 35.4 Å². The quantitative estimate of drug-likeness (QED) is 0.758. The molecule has 1 aliphatic heterocycles. The van der Waals surface area contributed by atoms with Gasteiger partial charge in [0.2, 0.25) is 0 Å². The second kappa shape index (κ2) is 5.33. The third-order valence-corrected chi connectivity index (χ3v) is 4.33. The van der Waals surface area contributed by atoms with E-state index in [0.29, 0.717) is 6.04 Å². The summed E-state index contributed by atoms with van der Waals surface area (Å²) in [5.74, 6) is 0. The van der Waals surface area contributed by atoms with Gasteiger partial charge in [-0.15, -0.1) is 0 Å². The molecule has 0 N–H and O–H groups in total. The van der Waals surface area contributed by atoms with Crippen molar-refractivity contribution in [1.29, 1.82) is 0 Å². The van der Waals surface area contributed by atoms with Crippen molar-refractivity contribution < 1.29 is 9.41 Å². The lowest BCUT2D eigenvalue weighted by molar-refractivity contribution is -0.618. The lowest BCUT2D eigenvalue weighted by atomic mass is 9.94. The summed E-state index contributed by atoms with van der Waals surface area (Å²) in [5, 5.41) is 1.96. The van der Waals surface area contributed by atoms with Gasteiger partial charge < -0.3 is 4.84 Å². The number of nitrogens with zero attached hydrogens (tertiary/aromatic N) is 2. The van der Waals surface area contributed by atoms with Crippen molar-refractivity contribution in [3.8, 4) is 0 Å². The van der Waals surface area contributed by atoms with Crippen LogP contribution in [0.2, 0.25) is 0 Å². The lowest BCUT2D eigenvalue weighted by Crippen LogP contribution is -2.34. The van der Waals surface area contributed by atoms with Crippen LogP contribution in [0, 0.1) is 6.92 Å². The molecule has 3 rings (SSSR count). The van der Waals surface area contributed by atoms with Crippen LogP contribution in [-0.2, 0) is 4.84 Å². The maximum atomic E-state index is 5.65. The molecule has 1 aliphatic carbocycles. The topological polar surface area (TPSA) is 15.5 Å². The Morgan fingerprint density at radius 1 is 1.11 bits per heavy atom. The molecular weight excluding hydrogens is 236 g/mol. The third kappa shape index (κ3) is 2.52. The molecule has 1 atom stereocenters. The second-order valence-electron chi connectivity index (χ2n) is 5.78. The number of hydrogen-bond donors (Lipinski definition) is 0. The van der Waals surface area contributed by atoms with Crippen LogP contribution >= 0.6 is 0 Å². The Morgan fingerprint density at radius 3 is 2.47 bits per heavy atom. The summed E-state index contributed by atoms with van der Waals surface area (Å²) in [6.45, 7) is 2.13. The molecule has 0 aromatic heterocycles. The van der Waals surface area contributed by atoms with Gasteiger partial charge in [0, 0.05) is 25.5 Å². The lowest BCUT2D eigenvalue weighted by Gasteiger charge is -2.23. The first-order valence-electron chi connectivity index (χ1n) is 7.32. The molecule has 3 nitrogen and oxygen atoms in total. The highest BCUT2D eigenvalue weighted by Crippen LogP contribution is 2.31. The van der Waals surface area contributed by atoms with Gasteiger partial charge >= 0.3 is 6.40 Å². The fraction of sp³-hybridized carbons (Fsp3) is 0.562. The van der Waals surface area contributed by atoms with Gasteiger partial charge in [-0.3, -0.25) is 0 Å². The molecule has 0 amide bonds. The molecule has 0 radical (unpaired) electrons. The van der Waals surface area contributed by atoms with E-state index in [9.17, 15) is 0 Å². The monoisotopic (exact) mass is 259 g/mol. The van der Waals surface area contributed by atoms with Crippen LogP contribution in [0.1, 0.15) is 49.4 Å². The number of aryl methyl sites for hydroxylation is 1. The molecule has 1 fully saturated rings. The van der Waals surface area contributed by atoms with Gasteiger partial charge in [-0.1, -0.05) is 41.3 Å². The average molecular weight is 259 g/mol. The molecule has 1 aromatic rings. The minimum atomic E-state index is 0.226. The second-order valence-corrected chi connectivity index (χ2v) is 5.78. The summed E-state index contributed by atoms with van der Waals surface area (Å²) in [6.07, 6.45) is 8.80. The minimum absolute atomic E-state index is 0.226. The van der Waals surface area contributed by atoms with Crippen LogP contribution in [0.15, 0.2) is 24.3 Å². The fourth-order valence-electron chi connectivity index (χ4n) is 3.22. The van der Waals surface area contributed by atoms with E-state index in [1.54, 1.807) is 0 Å². The van der Waals surface area contributed by atoms with Crippen molar-refractivity contribution in [1.82, 2.24) is 5.06 Å². The molecule has 1 unspecified atom stereocenters. The standard InChI is InChI=1S/C16H23N2O/c1-13-8-10-14(11-9-13)16-17(2)19-12-18(16)15-6-4-3-5-7-15/h8-12,15-16H,3-7H2,1-2H3/q+1. The molecule has 19 heavy (non-hydrogen) atoms. The Bertz CT molecular complexity index is 460. The first-order chi connectivity index (χ1) is 9.25. The zero-order chi connectivity index (χ0) is 13.2. The molecule has 1 saturated carbocycles. The van der Waals surface area contributed by atoms with E-state index in [-0.39, 0.29) is 6.17 Å². The summed E-state index contributed by atoms with van der Waals surface area (Å²) in [7, 11) is 2.02. The van der Waals surface area contributed by atoms with Crippen LogP contribution in [0.3, 0.4) is 0 Å². The zero-order valence-electron chi connectivity index (χ0n) is 11.9. The summed E-state index contributed by atoms with van der Waals surface area (Å²) in [4.78, 5) is 5.65. The number of benzene rings is 1. The number of rotatable bonds is 2. The van der Waals surface area contributed by atoms with E-state index in [1.807, 2.05) is 18.5 Å². The van der Waals surface area contributed by atoms with E-state index in [0.717, 1.165) is 0 Å². The van der Waals surface area contributed by atoms with Gasteiger partial charge in [-0.05, 0) is 19.8 Å². The van der Waals surface area contributed by atoms with Crippen molar-refractivity contribution in [3.63, 3.8) is 0 Å². The Morgan fingerprint density at radius 2 is 1.79 bits per heavy atom. The maximum absolute atomic E-state index is 5.65.